The molecule has 1 saturated carbocycles. The number of nitrogens with zero attached hydrogens (tertiary/aromatic N) is 1. The molecule has 124 valence electrons. The van der Waals surface area contributed by atoms with Gasteiger partial charge in [0.2, 0.25) is 0 Å². The van der Waals surface area contributed by atoms with Gasteiger partial charge in [0.05, 0.1) is 11.3 Å². The summed E-state index contributed by atoms with van der Waals surface area (Å²) in [4.78, 5) is 33.2. The van der Waals surface area contributed by atoms with Gasteiger partial charge >= 0.3 is 5.97 Å². The van der Waals surface area contributed by atoms with E-state index < -0.39 is 0 Å². The summed E-state index contributed by atoms with van der Waals surface area (Å²) in [5.41, 5.74) is 0.977. The molecule has 2 aromatic heterocycles. The number of nitrogens with one attached hydrogen (secondary N) is 1. The second kappa shape index (κ2) is 6.43. The van der Waals surface area contributed by atoms with Crippen molar-refractivity contribution in [2.24, 2.45) is 11.8 Å². The fraction of sp³-hybridized carbons (Fsp3) is 0.588. The monoisotopic (exact) mass is 334 g/mol. The van der Waals surface area contributed by atoms with Gasteiger partial charge in [-0.2, -0.15) is 0 Å². The van der Waals surface area contributed by atoms with Crippen LogP contribution in [-0.4, -0.2) is 15.9 Å². The predicted octanol–water partition coefficient (Wildman–Crippen LogP) is 3.33. The van der Waals surface area contributed by atoms with Gasteiger partial charge in [-0.3, -0.25) is 9.59 Å². The van der Waals surface area contributed by atoms with Crippen molar-refractivity contribution in [1.82, 2.24) is 9.97 Å². The maximum Gasteiger partial charge on any atom is 0.309 e. The number of rotatable bonds is 6. The van der Waals surface area contributed by atoms with Gasteiger partial charge in [-0.05, 0) is 37.7 Å². The molecule has 1 aliphatic carbocycles. The van der Waals surface area contributed by atoms with E-state index >= 15 is 0 Å². The van der Waals surface area contributed by atoms with Crippen LogP contribution in [0.4, 0.5) is 0 Å². The van der Waals surface area contributed by atoms with Gasteiger partial charge in [0.25, 0.3) is 5.56 Å². The highest BCUT2D eigenvalue weighted by molar-refractivity contribution is 7.18. The molecule has 2 heterocycles. The molecule has 1 fully saturated rings. The Morgan fingerprint density at radius 3 is 2.87 bits per heavy atom. The van der Waals surface area contributed by atoms with Crippen molar-refractivity contribution in [3.63, 3.8) is 0 Å². The summed E-state index contributed by atoms with van der Waals surface area (Å²) in [6, 6.07) is 0. The lowest BCUT2D eigenvalue weighted by atomic mass is 9.98. The van der Waals surface area contributed by atoms with Crippen molar-refractivity contribution in [2.75, 3.05) is 0 Å². The molecule has 0 radical (unpaired) electrons. The van der Waals surface area contributed by atoms with Crippen LogP contribution >= 0.6 is 11.3 Å². The fourth-order valence-corrected chi connectivity index (χ4v) is 3.68. The smallest absolute Gasteiger partial charge is 0.309 e. The summed E-state index contributed by atoms with van der Waals surface area (Å²) >= 11 is 1.54. The molecule has 1 N–H and O–H groups in total. The van der Waals surface area contributed by atoms with E-state index in [0.29, 0.717) is 17.1 Å². The number of H-pyrrole nitrogens is 1. The average Bonchev–Trinajstić information content (AvgIpc) is 3.31. The molecule has 3 rings (SSSR count). The topological polar surface area (TPSA) is 72.0 Å². The van der Waals surface area contributed by atoms with Gasteiger partial charge in [0, 0.05) is 4.88 Å². The van der Waals surface area contributed by atoms with Gasteiger partial charge in [0.15, 0.2) is 0 Å². The molecule has 0 saturated heterocycles. The SMILES string of the molecule is CC[C@H](C)Cc1c(C)sc2nc(COC(=O)C3CC3)[nH]c(=O)c12. The van der Waals surface area contributed by atoms with E-state index in [4.69, 9.17) is 4.74 Å². The predicted molar refractivity (Wildman–Crippen MR) is 90.7 cm³/mol. The Labute approximate surface area is 139 Å². The van der Waals surface area contributed by atoms with Crippen LogP contribution < -0.4 is 5.56 Å². The minimum Gasteiger partial charge on any atom is -0.457 e. The maximum absolute atomic E-state index is 12.5. The highest BCUT2D eigenvalue weighted by atomic mass is 32.1. The number of hydrogen-bond acceptors (Lipinski definition) is 5. The fourth-order valence-electron chi connectivity index (χ4n) is 2.60. The Hall–Kier alpha value is -1.69. The third-order valence-corrected chi connectivity index (χ3v) is 5.46. The zero-order chi connectivity index (χ0) is 16.6. The Morgan fingerprint density at radius 2 is 2.22 bits per heavy atom. The third-order valence-electron chi connectivity index (χ3n) is 4.42. The van der Waals surface area contributed by atoms with E-state index in [-0.39, 0.29) is 24.1 Å². The zero-order valence-corrected chi connectivity index (χ0v) is 14.6. The summed E-state index contributed by atoms with van der Waals surface area (Å²) in [5, 5.41) is 0.699. The van der Waals surface area contributed by atoms with Crippen LogP contribution in [0, 0.1) is 18.8 Å². The normalized spacial score (nSPS) is 15.8. The number of aromatic nitrogens is 2. The Kier molecular flexibility index (Phi) is 4.53. The van der Waals surface area contributed by atoms with Crippen LogP contribution in [0.3, 0.4) is 0 Å². The number of esters is 1. The van der Waals surface area contributed by atoms with Crippen LogP contribution in [0.5, 0.6) is 0 Å². The molecule has 1 atom stereocenters. The molecule has 5 nitrogen and oxygen atoms in total. The van der Waals surface area contributed by atoms with E-state index in [1.165, 1.54) is 0 Å². The number of fused-ring (bicyclic) bond motifs is 1. The standard InChI is InChI=1S/C17H22N2O3S/c1-4-9(2)7-12-10(3)23-16-14(12)15(20)18-13(19-16)8-22-17(21)11-5-6-11/h9,11H,4-8H2,1-3H3,(H,18,19,20)/t9-/m0/s1. The molecule has 0 aliphatic heterocycles. The van der Waals surface area contributed by atoms with Crippen molar-refractivity contribution in [1.29, 1.82) is 0 Å². The number of carbonyl (C=O) groups excluding carboxylic acids is 1. The summed E-state index contributed by atoms with van der Waals surface area (Å²) in [5.74, 6) is 0.821. The molecule has 2 aromatic rings. The van der Waals surface area contributed by atoms with Crippen LogP contribution in [0.15, 0.2) is 4.79 Å². The van der Waals surface area contributed by atoms with E-state index in [9.17, 15) is 9.59 Å². The van der Waals surface area contributed by atoms with Crippen molar-refractivity contribution < 1.29 is 9.53 Å². The molecule has 0 unspecified atom stereocenters. The number of ether oxygens (including phenoxy) is 1. The number of aromatic amines is 1. The Balaban J connectivity index is 1.86. The average molecular weight is 334 g/mol. The van der Waals surface area contributed by atoms with Crippen molar-refractivity contribution >= 4 is 27.5 Å². The van der Waals surface area contributed by atoms with Crippen molar-refractivity contribution in [2.45, 2.75) is 53.1 Å². The maximum atomic E-state index is 12.5. The lowest BCUT2D eigenvalue weighted by Gasteiger charge is -2.08. The zero-order valence-electron chi connectivity index (χ0n) is 13.8. The van der Waals surface area contributed by atoms with Crippen LogP contribution in [-0.2, 0) is 22.6 Å². The molecule has 6 heteroatoms. The van der Waals surface area contributed by atoms with E-state index in [2.05, 4.69) is 23.8 Å². The summed E-state index contributed by atoms with van der Waals surface area (Å²) in [6.07, 6.45) is 3.79. The number of hydrogen-bond donors (Lipinski definition) is 1. The number of aryl methyl sites for hydroxylation is 1. The summed E-state index contributed by atoms with van der Waals surface area (Å²) in [7, 11) is 0. The lowest BCUT2D eigenvalue weighted by Crippen LogP contribution is -2.15. The molecule has 23 heavy (non-hydrogen) atoms. The van der Waals surface area contributed by atoms with Crippen LogP contribution in [0.2, 0.25) is 0 Å². The second-order valence-corrected chi connectivity index (χ2v) is 7.63. The molecule has 0 amide bonds. The highest BCUT2D eigenvalue weighted by Crippen LogP contribution is 2.31. The molecule has 1 aliphatic rings. The molecule has 0 bridgehead atoms. The molecule has 0 spiro atoms. The van der Waals surface area contributed by atoms with E-state index in [0.717, 1.165) is 41.0 Å². The van der Waals surface area contributed by atoms with Gasteiger partial charge < -0.3 is 9.72 Å². The first kappa shape index (κ1) is 16.2. The largest absolute Gasteiger partial charge is 0.457 e. The first-order chi connectivity index (χ1) is 11.0. The lowest BCUT2D eigenvalue weighted by molar-refractivity contribution is -0.146. The molecule has 0 aromatic carbocycles. The Morgan fingerprint density at radius 1 is 1.48 bits per heavy atom. The van der Waals surface area contributed by atoms with Crippen molar-refractivity contribution in [3.05, 3.63) is 26.6 Å². The van der Waals surface area contributed by atoms with E-state index in [1.54, 1.807) is 11.3 Å². The summed E-state index contributed by atoms with van der Waals surface area (Å²) < 4.78 is 5.21. The third kappa shape index (κ3) is 3.47. The molecular formula is C17H22N2O3S. The summed E-state index contributed by atoms with van der Waals surface area (Å²) in [6.45, 7) is 6.42. The van der Waals surface area contributed by atoms with Gasteiger partial charge in [0.1, 0.15) is 17.3 Å². The van der Waals surface area contributed by atoms with Crippen LogP contribution in [0.1, 0.15) is 49.4 Å². The minimum atomic E-state index is -0.187. The van der Waals surface area contributed by atoms with Gasteiger partial charge in [-0.15, -0.1) is 11.3 Å². The Bertz CT molecular complexity index is 789. The first-order valence-electron chi connectivity index (χ1n) is 8.17. The first-order valence-corrected chi connectivity index (χ1v) is 8.99. The van der Waals surface area contributed by atoms with Crippen molar-refractivity contribution in [3.8, 4) is 0 Å². The number of thiophene rings is 1. The molecular weight excluding hydrogens is 312 g/mol. The van der Waals surface area contributed by atoms with Gasteiger partial charge in [-0.25, -0.2) is 4.98 Å². The van der Waals surface area contributed by atoms with Gasteiger partial charge in [-0.1, -0.05) is 20.3 Å². The quantitative estimate of drug-likeness (QED) is 0.823. The second-order valence-electron chi connectivity index (χ2n) is 6.43. The van der Waals surface area contributed by atoms with E-state index in [1.807, 2.05) is 6.92 Å². The van der Waals surface area contributed by atoms with Crippen LogP contribution in [0.25, 0.3) is 10.2 Å². The minimum absolute atomic E-state index is 0.0398. The number of carbonyl (C=O) groups is 1. The highest BCUT2D eigenvalue weighted by Gasteiger charge is 2.31.